The Labute approximate surface area is 263 Å². The molecular weight excluding hydrogens is 588 g/mol. The number of aryl methyl sites for hydroxylation is 1. The van der Waals surface area contributed by atoms with Crippen molar-refractivity contribution in [3.05, 3.63) is 81.8 Å². The number of carbonyl (C=O) groups excluding carboxylic acids is 1. The van der Waals surface area contributed by atoms with Crippen LogP contribution in [0.1, 0.15) is 29.8 Å². The second-order valence-electron chi connectivity index (χ2n) is 8.30. The fourth-order valence-electron chi connectivity index (χ4n) is 3.87. The Morgan fingerprint density at radius 3 is 2.40 bits per heavy atom. The number of halogens is 2. The second-order valence-corrected chi connectivity index (χ2v) is 10.5. The SMILES string of the molecule is CCOc1ccc(NC(=O)c2cc3ccccc3c(N=Nc3cc(Cl)c(CC)cc3S(=O)(=O)O)c2[O-])cc1Cl.[Na+]. The molecule has 202 valence electrons. The van der Waals surface area contributed by atoms with Crippen LogP contribution >= 0.6 is 23.2 Å². The normalized spacial score (nSPS) is 11.4. The second kappa shape index (κ2) is 13.3. The molecule has 2 N–H and O–H groups in total. The van der Waals surface area contributed by atoms with Gasteiger partial charge in [-0.25, -0.2) is 0 Å². The van der Waals surface area contributed by atoms with E-state index in [9.17, 15) is 22.9 Å². The van der Waals surface area contributed by atoms with E-state index in [-0.39, 0.29) is 56.5 Å². The number of anilines is 1. The molecule has 0 aromatic heterocycles. The first-order chi connectivity index (χ1) is 18.5. The average molecular weight is 610 g/mol. The average Bonchev–Trinajstić information content (AvgIpc) is 2.88. The molecule has 0 fully saturated rings. The van der Waals surface area contributed by atoms with Gasteiger partial charge in [0.1, 0.15) is 16.3 Å². The van der Waals surface area contributed by atoms with Crippen LogP contribution in [0.3, 0.4) is 0 Å². The summed E-state index contributed by atoms with van der Waals surface area (Å²) in [6, 6.07) is 15.3. The molecule has 40 heavy (non-hydrogen) atoms. The summed E-state index contributed by atoms with van der Waals surface area (Å²) in [6.07, 6.45) is 0.408. The van der Waals surface area contributed by atoms with Gasteiger partial charge in [0, 0.05) is 21.7 Å². The number of ether oxygens (including phenoxy) is 1. The number of azo groups is 1. The fraction of sp³-hybridized carbons (Fsp3) is 0.148. The predicted octanol–water partition coefficient (Wildman–Crippen LogP) is 4.10. The molecule has 0 aliphatic carbocycles. The standard InChI is InChI=1S/C27H23Cl2N3O6S.Na/c1-3-15-12-24(39(35,36)37)22(14-20(15)28)31-32-25-18-8-6-5-7-16(18)11-19(26(25)33)27(34)30-17-9-10-23(38-4-2)21(29)13-17;/h5-14,33H,3-4H2,1-2H3,(H,30,34)(H,35,36,37);/q;+1/p-1. The van der Waals surface area contributed by atoms with Crippen molar-refractivity contribution in [2.75, 3.05) is 11.9 Å². The number of rotatable bonds is 8. The van der Waals surface area contributed by atoms with E-state index >= 15 is 0 Å². The van der Waals surface area contributed by atoms with E-state index < -0.39 is 26.7 Å². The smallest absolute Gasteiger partial charge is 0.870 e. The number of benzene rings is 4. The Hall–Kier alpha value is -2.70. The zero-order valence-corrected chi connectivity index (χ0v) is 26.1. The van der Waals surface area contributed by atoms with Gasteiger partial charge in [-0.1, -0.05) is 60.1 Å². The molecule has 0 bridgehead atoms. The van der Waals surface area contributed by atoms with Crippen LogP contribution in [0.2, 0.25) is 10.0 Å². The van der Waals surface area contributed by atoms with Crippen molar-refractivity contribution >= 4 is 67.1 Å². The third-order valence-corrected chi connectivity index (χ3v) is 7.28. The van der Waals surface area contributed by atoms with Gasteiger partial charge in [-0.05, 0) is 60.7 Å². The van der Waals surface area contributed by atoms with Crippen molar-refractivity contribution < 1.29 is 57.2 Å². The minimum atomic E-state index is -4.68. The molecule has 0 unspecified atom stereocenters. The van der Waals surface area contributed by atoms with Crippen molar-refractivity contribution in [1.29, 1.82) is 0 Å². The van der Waals surface area contributed by atoms with Crippen LogP contribution in [-0.4, -0.2) is 25.5 Å². The molecule has 0 aliphatic heterocycles. The Balaban J connectivity index is 0.00000441. The summed E-state index contributed by atoms with van der Waals surface area (Å²) >= 11 is 12.4. The molecule has 4 aromatic carbocycles. The van der Waals surface area contributed by atoms with E-state index in [0.717, 1.165) is 0 Å². The minimum absolute atomic E-state index is 0. The molecule has 0 saturated heterocycles. The summed E-state index contributed by atoms with van der Waals surface area (Å²) in [5.41, 5.74) is 0.142. The maximum Gasteiger partial charge on any atom is 1.00 e. The van der Waals surface area contributed by atoms with Crippen molar-refractivity contribution in [2.24, 2.45) is 10.2 Å². The van der Waals surface area contributed by atoms with Crippen LogP contribution in [0, 0.1) is 0 Å². The minimum Gasteiger partial charge on any atom is -0.870 e. The monoisotopic (exact) mass is 609 g/mol. The van der Waals surface area contributed by atoms with Crippen molar-refractivity contribution in [2.45, 2.75) is 25.2 Å². The molecule has 4 aromatic rings. The number of nitrogens with one attached hydrogen (secondary N) is 1. The summed E-state index contributed by atoms with van der Waals surface area (Å²) in [5, 5.41) is 25.5. The molecule has 13 heteroatoms. The van der Waals surface area contributed by atoms with Gasteiger partial charge in [-0.2, -0.15) is 13.5 Å². The molecule has 0 radical (unpaired) electrons. The third kappa shape index (κ3) is 6.95. The summed E-state index contributed by atoms with van der Waals surface area (Å²) < 4.78 is 39.1. The number of carbonyl (C=O) groups is 1. The van der Waals surface area contributed by atoms with Crippen molar-refractivity contribution in [3.8, 4) is 11.5 Å². The first kappa shape index (κ1) is 31.8. The number of fused-ring (bicyclic) bond motifs is 1. The Morgan fingerprint density at radius 1 is 1.02 bits per heavy atom. The maximum absolute atomic E-state index is 13.4. The Morgan fingerprint density at radius 2 is 1.75 bits per heavy atom. The van der Waals surface area contributed by atoms with Gasteiger partial charge in [0.05, 0.1) is 17.3 Å². The van der Waals surface area contributed by atoms with Gasteiger partial charge in [-0.15, -0.1) is 5.11 Å². The van der Waals surface area contributed by atoms with E-state index in [1.54, 1.807) is 43.3 Å². The number of hydrogen-bond acceptors (Lipinski definition) is 7. The molecule has 9 nitrogen and oxygen atoms in total. The van der Waals surface area contributed by atoms with Gasteiger partial charge >= 0.3 is 29.6 Å². The summed E-state index contributed by atoms with van der Waals surface area (Å²) in [7, 11) is -4.68. The van der Waals surface area contributed by atoms with E-state index in [4.69, 9.17) is 27.9 Å². The Kier molecular flexibility index (Phi) is 10.6. The van der Waals surface area contributed by atoms with E-state index in [0.29, 0.717) is 40.8 Å². The van der Waals surface area contributed by atoms with Crippen LogP contribution in [0.25, 0.3) is 10.8 Å². The van der Waals surface area contributed by atoms with Crippen LogP contribution in [0.4, 0.5) is 17.1 Å². The molecule has 0 atom stereocenters. The summed E-state index contributed by atoms with van der Waals surface area (Å²) in [4.78, 5) is 12.6. The van der Waals surface area contributed by atoms with Crippen LogP contribution in [0.15, 0.2) is 75.8 Å². The van der Waals surface area contributed by atoms with Gasteiger partial charge in [0.2, 0.25) is 0 Å². The summed E-state index contributed by atoms with van der Waals surface area (Å²) in [5.74, 6) is -1.00. The molecule has 0 spiro atoms. The first-order valence-electron chi connectivity index (χ1n) is 11.7. The van der Waals surface area contributed by atoms with E-state index in [1.165, 1.54) is 24.3 Å². The fourth-order valence-corrected chi connectivity index (χ4v) is 5.05. The largest absolute Gasteiger partial charge is 1.00 e. The Bertz CT molecular complexity index is 1730. The van der Waals surface area contributed by atoms with Crippen molar-refractivity contribution in [1.82, 2.24) is 0 Å². The number of amides is 1. The first-order valence-corrected chi connectivity index (χ1v) is 13.9. The quantitative estimate of drug-likeness (QED) is 0.175. The van der Waals surface area contributed by atoms with Crippen LogP contribution < -0.4 is 44.7 Å². The topological polar surface area (TPSA) is 140 Å². The number of hydrogen-bond donors (Lipinski definition) is 2. The van der Waals surface area contributed by atoms with Crippen molar-refractivity contribution in [3.63, 3.8) is 0 Å². The van der Waals surface area contributed by atoms with E-state index in [1.807, 2.05) is 6.92 Å². The molecule has 0 aliphatic rings. The van der Waals surface area contributed by atoms with Gasteiger partial charge in [0.15, 0.2) is 0 Å². The molecule has 0 saturated carbocycles. The van der Waals surface area contributed by atoms with Gasteiger partial charge < -0.3 is 15.2 Å². The van der Waals surface area contributed by atoms with Crippen LogP contribution in [-0.2, 0) is 16.5 Å². The molecule has 0 heterocycles. The molecule has 1 amide bonds. The number of nitrogens with zero attached hydrogens (tertiary/aromatic N) is 2. The maximum atomic E-state index is 13.4. The third-order valence-electron chi connectivity index (χ3n) is 5.75. The molecule has 4 rings (SSSR count). The molecular formula is C27H22Cl2N3NaO6S. The van der Waals surface area contributed by atoms with Gasteiger partial charge in [-0.3, -0.25) is 9.35 Å². The zero-order valence-electron chi connectivity index (χ0n) is 21.7. The predicted molar refractivity (Wildman–Crippen MR) is 149 cm³/mol. The van der Waals surface area contributed by atoms with E-state index in [2.05, 4.69) is 15.5 Å². The summed E-state index contributed by atoms with van der Waals surface area (Å²) in [6.45, 7) is 4.00. The van der Waals surface area contributed by atoms with Gasteiger partial charge in [0.25, 0.3) is 16.0 Å². The zero-order chi connectivity index (χ0) is 28.3. The van der Waals surface area contributed by atoms with Crippen LogP contribution in [0.5, 0.6) is 11.5 Å².